The van der Waals surface area contributed by atoms with Gasteiger partial charge in [-0.1, -0.05) is 54.9 Å². The van der Waals surface area contributed by atoms with Gasteiger partial charge >= 0.3 is 0 Å². The molecule has 0 spiro atoms. The summed E-state index contributed by atoms with van der Waals surface area (Å²) in [6.07, 6.45) is 3.68. The first-order chi connectivity index (χ1) is 11.5. The van der Waals surface area contributed by atoms with Crippen molar-refractivity contribution in [2.24, 2.45) is 0 Å². The van der Waals surface area contributed by atoms with E-state index >= 15 is 0 Å². The molecule has 1 aromatic carbocycles. The molecular weight excluding hydrogens is 361 g/mol. The van der Waals surface area contributed by atoms with Crippen molar-refractivity contribution in [1.29, 1.82) is 0 Å². The SMILES string of the molecule is CC(C)c1ncn(Cc2ccccn2)c1Sc1cc(Cl)cc(Cl)c1. The zero-order valence-corrected chi connectivity index (χ0v) is 15.7. The lowest BCUT2D eigenvalue weighted by Crippen LogP contribution is -2.02. The van der Waals surface area contributed by atoms with Crippen LogP contribution in [-0.2, 0) is 6.54 Å². The lowest BCUT2D eigenvalue weighted by atomic mass is 10.1. The first-order valence-electron chi connectivity index (χ1n) is 7.62. The summed E-state index contributed by atoms with van der Waals surface area (Å²) < 4.78 is 2.12. The molecule has 3 aromatic rings. The molecule has 0 amide bonds. The molecule has 0 N–H and O–H groups in total. The Morgan fingerprint density at radius 3 is 2.46 bits per heavy atom. The van der Waals surface area contributed by atoms with Crippen molar-refractivity contribution in [3.05, 3.63) is 70.4 Å². The Morgan fingerprint density at radius 1 is 1.08 bits per heavy atom. The maximum absolute atomic E-state index is 6.13. The summed E-state index contributed by atoms with van der Waals surface area (Å²) in [6, 6.07) is 11.5. The van der Waals surface area contributed by atoms with Crippen LogP contribution in [0, 0.1) is 0 Å². The Balaban J connectivity index is 1.96. The van der Waals surface area contributed by atoms with Crippen LogP contribution in [0.4, 0.5) is 0 Å². The molecule has 0 saturated heterocycles. The van der Waals surface area contributed by atoms with Gasteiger partial charge in [-0.25, -0.2) is 4.98 Å². The molecule has 0 unspecified atom stereocenters. The van der Waals surface area contributed by atoms with Gasteiger partial charge in [-0.15, -0.1) is 0 Å². The third-order valence-electron chi connectivity index (χ3n) is 3.47. The molecule has 3 nitrogen and oxygen atoms in total. The number of nitrogens with zero attached hydrogens (tertiary/aromatic N) is 3. The molecule has 0 atom stereocenters. The van der Waals surface area contributed by atoms with E-state index in [9.17, 15) is 0 Å². The Labute approximate surface area is 156 Å². The van der Waals surface area contributed by atoms with E-state index in [1.54, 1.807) is 24.0 Å². The van der Waals surface area contributed by atoms with E-state index in [0.29, 0.717) is 22.5 Å². The van der Waals surface area contributed by atoms with Gasteiger partial charge in [0, 0.05) is 21.1 Å². The summed E-state index contributed by atoms with van der Waals surface area (Å²) in [5.74, 6) is 0.326. The lowest BCUT2D eigenvalue weighted by Gasteiger charge is -2.11. The summed E-state index contributed by atoms with van der Waals surface area (Å²) in [5, 5.41) is 2.35. The van der Waals surface area contributed by atoms with Gasteiger partial charge in [0.1, 0.15) is 5.03 Å². The van der Waals surface area contributed by atoms with Crippen LogP contribution < -0.4 is 0 Å². The van der Waals surface area contributed by atoms with E-state index in [1.165, 1.54) is 0 Å². The van der Waals surface area contributed by atoms with Crippen LogP contribution in [0.25, 0.3) is 0 Å². The van der Waals surface area contributed by atoms with Gasteiger partial charge in [-0.3, -0.25) is 4.98 Å². The zero-order valence-electron chi connectivity index (χ0n) is 13.4. The fourth-order valence-corrected chi connectivity index (χ4v) is 4.24. The van der Waals surface area contributed by atoms with E-state index in [4.69, 9.17) is 23.2 Å². The van der Waals surface area contributed by atoms with Gasteiger partial charge in [0.15, 0.2) is 0 Å². The van der Waals surface area contributed by atoms with Crippen LogP contribution >= 0.6 is 35.0 Å². The first-order valence-corrected chi connectivity index (χ1v) is 9.19. The minimum atomic E-state index is 0.326. The van der Waals surface area contributed by atoms with Crippen molar-refractivity contribution < 1.29 is 0 Å². The molecule has 6 heteroatoms. The number of pyridine rings is 1. The highest BCUT2D eigenvalue weighted by molar-refractivity contribution is 7.99. The summed E-state index contributed by atoms with van der Waals surface area (Å²) in [4.78, 5) is 10.0. The van der Waals surface area contributed by atoms with Crippen molar-refractivity contribution >= 4 is 35.0 Å². The molecule has 3 rings (SSSR count). The van der Waals surface area contributed by atoms with Crippen LogP contribution in [0.5, 0.6) is 0 Å². The molecule has 0 aliphatic carbocycles. The summed E-state index contributed by atoms with van der Waals surface area (Å²) in [5.41, 5.74) is 2.06. The van der Waals surface area contributed by atoms with Crippen molar-refractivity contribution in [3.8, 4) is 0 Å². The molecule has 124 valence electrons. The highest BCUT2D eigenvalue weighted by Crippen LogP contribution is 2.36. The predicted octanol–water partition coefficient (Wildman–Crippen LogP) is 5.91. The van der Waals surface area contributed by atoms with Crippen LogP contribution in [0.3, 0.4) is 0 Å². The Kier molecular flexibility index (Phi) is 5.49. The Hall–Kier alpha value is -1.49. The van der Waals surface area contributed by atoms with E-state index in [2.05, 4.69) is 28.4 Å². The maximum atomic E-state index is 6.13. The topological polar surface area (TPSA) is 30.7 Å². The Morgan fingerprint density at radius 2 is 1.83 bits per heavy atom. The van der Waals surface area contributed by atoms with Crippen molar-refractivity contribution in [3.63, 3.8) is 0 Å². The maximum Gasteiger partial charge on any atom is 0.103 e. The number of hydrogen-bond acceptors (Lipinski definition) is 3. The largest absolute Gasteiger partial charge is 0.319 e. The molecule has 0 aliphatic heterocycles. The van der Waals surface area contributed by atoms with Crippen LogP contribution in [0.15, 0.2) is 58.8 Å². The third-order valence-corrected chi connectivity index (χ3v) is 5.02. The van der Waals surface area contributed by atoms with Gasteiger partial charge in [0.2, 0.25) is 0 Å². The fourth-order valence-electron chi connectivity index (χ4n) is 2.37. The quantitative estimate of drug-likeness (QED) is 0.553. The van der Waals surface area contributed by atoms with E-state index in [-0.39, 0.29) is 0 Å². The van der Waals surface area contributed by atoms with Crippen molar-refractivity contribution in [1.82, 2.24) is 14.5 Å². The average Bonchev–Trinajstić information content (AvgIpc) is 2.90. The molecule has 0 saturated carbocycles. The van der Waals surface area contributed by atoms with E-state index in [1.807, 2.05) is 36.7 Å². The summed E-state index contributed by atoms with van der Waals surface area (Å²) in [7, 11) is 0. The zero-order chi connectivity index (χ0) is 17.1. The molecule has 0 fully saturated rings. The molecule has 0 bridgehead atoms. The highest BCUT2D eigenvalue weighted by Gasteiger charge is 2.16. The molecule has 0 aliphatic rings. The summed E-state index contributed by atoms with van der Waals surface area (Å²) >= 11 is 13.9. The average molecular weight is 378 g/mol. The molecule has 2 heterocycles. The monoisotopic (exact) mass is 377 g/mol. The van der Waals surface area contributed by atoms with Crippen LogP contribution in [0.2, 0.25) is 10.0 Å². The molecular formula is C18H17Cl2N3S. The number of imidazole rings is 1. The number of benzene rings is 1. The van der Waals surface area contributed by atoms with E-state index in [0.717, 1.165) is 21.3 Å². The minimum absolute atomic E-state index is 0.326. The fraction of sp³-hybridized carbons (Fsp3) is 0.222. The number of hydrogen-bond donors (Lipinski definition) is 0. The molecule has 24 heavy (non-hydrogen) atoms. The molecule has 2 aromatic heterocycles. The van der Waals surface area contributed by atoms with Gasteiger partial charge in [-0.2, -0.15) is 0 Å². The smallest absolute Gasteiger partial charge is 0.103 e. The Bertz CT molecular complexity index is 811. The van der Waals surface area contributed by atoms with Crippen LogP contribution in [0.1, 0.15) is 31.2 Å². The first kappa shape index (κ1) is 17.3. The van der Waals surface area contributed by atoms with Crippen molar-refractivity contribution in [2.45, 2.75) is 36.2 Å². The highest BCUT2D eigenvalue weighted by atomic mass is 35.5. The van der Waals surface area contributed by atoms with Gasteiger partial charge in [0.25, 0.3) is 0 Å². The van der Waals surface area contributed by atoms with Gasteiger partial charge in [0.05, 0.1) is 24.3 Å². The van der Waals surface area contributed by atoms with E-state index < -0.39 is 0 Å². The standard InChI is InChI=1S/C18H17Cl2N3S/c1-12(2)17-18(24-16-8-13(19)7-14(20)9-16)23(11-22-17)10-15-5-3-4-6-21-15/h3-9,11-12H,10H2,1-2H3. The lowest BCUT2D eigenvalue weighted by molar-refractivity contribution is 0.695. The normalized spacial score (nSPS) is 11.2. The second-order valence-corrected chi connectivity index (χ2v) is 7.68. The number of halogens is 2. The third kappa shape index (κ3) is 4.12. The number of aromatic nitrogens is 3. The van der Waals surface area contributed by atoms with Gasteiger partial charge < -0.3 is 4.57 Å². The second-order valence-electron chi connectivity index (χ2n) is 5.75. The minimum Gasteiger partial charge on any atom is -0.319 e. The number of rotatable bonds is 5. The molecule has 0 radical (unpaired) electrons. The van der Waals surface area contributed by atoms with Crippen molar-refractivity contribution in [2.75, 3.05) is 0 Å². The van der Waals surface area contributed by atoms with Crippen LogP contribution in [-0.4, -0.2) is 14.5 Å². The predicted molar refractivity (Wildman–Crippen MR) is 100 cm³/mol. The second kappa shape index (κ2) is 7.60. The van der Waals surface area contributed by atoms with Gasteiger partial charge in [-0.05, 0) is 36.2 Å². The summed E-state index contributed by atoms with van der Waals surface area (Å²) in [6.45, 7) is 4.96.